The molecule has 0 aliphatic carbocycles. The van der Waals surface area contributed by atoms with Crippen molar-refractivity contribution >= 4 is 9.84 Å². The molecular weight excluding hydrogens is 280 g/mol. The second-order valence-electron chi connectivity index (χ2n) is 4.63. The molecule has 103 valence electrons. The fraction of sp³-hybridized carbons (Fsp3) is 0. The quantitative estimate of drug-likeness (QED) is 0.732. The first-order valence-corrected chi connectivity index (χ1v) is 8.03. The van der Waals surface area contributed by atoms with Crippen LogP contribution in [0.2, 0.25) is 0 Å². The Morgan fingerprint density at radius 2 is 1.33 bits per heavy atom. The molecule has 0 amide bonds. The molecule has 0 spiro atoms. The summed E-state index contributed by atoms with van der Waals surface area (Å²) in [5.41, 5.74) is 1.99. The maximum absolute atomic E-state index is 12.5. The Morgan fingerprint density at radius 3 is 1.95 bits per heavy atom. The summed E-state index contributed by atoms with van der Waals surface area (Å²) in [6, 6.07) is 26.0. The highest BCUT2D eigenvalue weighted by molar-refractivity contribution is 7.91. The van der Waals surface area contributed by atoms with Gasteiger partial charge in [-0.1, -0.05) is 48.5 Å². The summed E-state index contributed by atoms with van der Waals surface area (Å²) < 4.78 is 25.0. The molecule has 0 bridgehead atoms. The lowest BCUT2D eigenvalue weighted by Crippen LogP contribution is -2.01. The van der Waals surface area contributed by atoms with Crippen LogP contribution in [0.5, 0.6) is 0 Å². The zero-order valence-electron chi connectivity index (χ0n) is 11.2. The van der Waals surface area contributed by atoms with Crippen LogP contribution in [-0.4, -0.2) is 8.42 Å². The molecule has 0 unspecified atom stereocenters. The van der Waals surface area contributed by atoms with Crippen molar-refractivity contribution in [2.45, 2.75) is 9.79 Å². The third-order valence-corrected chi connectivity index (χ3v) is 5.04. The van der Waals surface area contributed by atoms with E-state index in [-0.39, 0.29) is 0 Å². The van der Waals surface area contributed by atoms with Gasteiger partial charge in [-0.3, -0.25) is 0 Å². The summed E-state index contributed by atoms with van der Waals surface area (Å²) in [4.78, 5) is 0.614. The van der Waals surface area contributed by atoms with Crippen molar-refractivity contribution < 1.29 is 8.42 Å². The van der Waals surface area contributed by atoms with Crippen molar-refractivity contribution in [1.29, 1.82) is 0 Å². The Kier molecular flexibility index (Phi) is 3.59. The zero-order chi connectivity index (χ0) is 14.7. The highest BCUT2D eigenvalue weighted by Gasteiger charge is 2.16. The zero-order valence-corrected chi connectivity index (χ0v) is 12.0. The van der Waals surface area contributed by atoms with Gasteiger partial charge in [-0.05, 0) is 47.5 Å². The lowest BCUT2D eigenvalue weighted by molar-refractivity contribution is 0.596. The average Bonchev–Trinajstić information content (AvgIpc) is 2.57. The van der Waals surface area contributed by atoms with Gasteiger partial charge in [-0.2, -0.15) is 0 Å². The Labute approximate surface area is 124 Å². The number of sulfone groups is 1. The Hall–Kier alpha value is -2.39. The summed E-state index contributed by atoms with van der Waals surface area (Å²) in [7, 11) is -3.45. The van der Waals surface area contributed by atoms with E-state index < -0.39 is 9.84 Å². The molecule has 3 aromatic carbocycles. The van der Waals surface area contributed by atoms with Crippen LogP contribution >= 0.6 is 0 Å². The molecule has 3 heteroatoms. The fourth-order valence-corrected chi connectivity index (χ4v) is 3.42. The van der Waals surface area contributed by atoms with Crippen LogP contribution in [0.3, 0.4) is 0 Å². The van der Waals surface area contributed by atoms with Gasteiger partial charge in [0.15, 0.2) is 0 Å². The maximum Gasteiger partial charge on any atom is 0.206 e. The van der Waals surface area contributed by atoms with E-state index >= 15 is 0 Å². The fourth-order valence-electron chi connectivity index (χ4n) is 2.14. The Morgan fingerprint density at radius 1 is 0.667 bits per heavy atom. The molecule has 2 nitrogen and oxygen atoms in total. The van der Waals surface area contributed by atoms with Crippen molar-refractivity contribution in [3.05, 3.63) is 84.9 Å². The summed E-state index contributed by atoms with van der Waals surface area (Å²) in [5, 5.41) is 0. The summed E-state index contributed by atoms with van der Waals surface area (Å²) >= 11 is 0. The molecular formula is C18H13O2S. The van der Waals surface area contributed by atoms with Gasteiger partial charge in [0.2, 0.25) is 9.84 Å². The molecule has 0 saturated heterocycles. The van der Waals surface area contributed by atoms with Crippen molar-refractivity contribution in [2.75, 3.05) is 0 Å². The Balaban J connectivity index is 1.99. The van der Waals surface area contributed by atoms with E-state index in [9.17, 15) is 8.42 Å². The van der Waals surface area contributed by atoms with E-state index in [2.05, 4.69) is 6.07 Å². The predicted molar refractivity (Wildman–Crippen MR) is 82.6 cm³/mol. The van der Waals surface area contributed by atoms with Gasteiger partial charge in [0.05, 0.1) is 9.79 Å². The van der Waals surface area contributed by atoms with Crippen LogP contribution in [0.15, 0.2) is 88.7 Å². The molecule has 0 N–H and O–H groups in total. The molecule has 0 fully saturated rings. The van der Waals surface area contributed by atoms with Crippen molar-refractivity contribution in [3.63, 3.8) is 0 Å². The summed E-state index contributed by atoms with van der Waals surface area (Å²) in [5.74, 6) is 0. The lowest BCUT2D eigenvalue weighted by atomic mass is 10.1. The van der Waals surface area contributed by atoms with Crippen molar-refractivity contribution in [2.24, 2.45) is 0 Å². The normalized spacial score (nSPS) is 11.2. The molecule has 0 heterocycles. The molecule has 3 aromatic rings. The third-order valence-electron chi connectivity index (χ3n) is 3.26. The van der Waals surface area contributed by atoms with E-state index in [4.69, 9.17) is 0 Å². The second kappa shape index (κ2) is 5.54. The smallest absolute Gasteiger partial charge is 0.206 e. The predicted octanol–water partition coefficient (Wildman–Crippen LogP) is 3.99. The molecule has 0 atom stereocenters. The molecule has 1 radical (unpaired) electrons. The van der Waals surface area contributed by atoms with Gasteiger partial charge in [0.25, 0.3) is 0 Å². The van der Waals surface area contributed by atoms with Crippen LogP contribution in [-0.2, 0) is 9.84 Å². The van der Waals surface area contributed by atoms with E-state index in [0.717, 1.165) is 11.1 Å². The summed E-state index contributed by atoms with van der Waals surface area (Å²) in [6.45, 7) is 0. The lowest BCUT2D eigenvalue weighted by Gasteiger charge is -2.06. The minimum absolute atomic E-state index is 0.303. The molecule has 0 saturated carbocycles. The number of hydrogen-bond donors (Lipinski definition) is 0. The van der Waals surface area contributed by atoms with Gasteiger partial charge in [0.1, 0.15) is 0 Å². The SMILES string of the molecule is O=S(=O)(c1ccccc1)c1ccc(-c2c[c]ccc2)cc1. The van der Waals surface area contributed by atoms with Crippen LogP contribution in [0.25, 0.3) is 11.1 Å². The largest absolute Gasteiger partial charge is 0.219 e. The van der Waals surface area contributed by atoms with E-state index in [1.54, 1.807) is 42.5 Å². The number of rotatable bonds is 3. The van der Waals surface area contributed by atoms with Crippen LogP contribution in [0.1, 0.15) is 0 Å². The van der Waals surface area contributed by atoms with Crippen LogP contribution in [0.4, 0.5) is 0 Å². The highest BCUT2D eigenvalue weighted by atomic mass is 32.2. The van der Waals surface area contributed by atoms with Crippen LogP contribution in [0, 0.1) is 6.07 Å². The topological polar surface area (TPSA) is 34.1 Å². The molecule has 3 rings (SSSR count). The van der Waals surface area contributed by atoms with Crippen molar-refractivity contribution in [1.82, 2.24) is 0 Å². The molecule has 0 aliphatic rings. The standard InChI is InChI=1S/C18H13O2S/c19-21(20,17-9-5-2-6-10-17)18-13-11-16(12-14-18)15-7-3-1-4-8-15/h1-3,5-14H. The number of benzene rings is 3. The first-order chi connectivity index (χ1) is 10.2. The van der Waals surface area contributed by atoms with Crippen LogP contribution < -0.4 is 0 Å². The maximum atomic E-state index is 12.5. The van der Waals surface area contributed by atoms with E-state index in [0.29, 0.717) is 9.79 Å². The Bertz CT molecular complexity index is 821. The average molecular weight is 293 g/mol. The van der Waals surface area contributed by atoms with Crippen molar-refractivity contribution in [3.8, 4) is 11.1 Å². The monoisotopic (exact) mass is 293 g/mol. The molecule has 21 heavy (non-hydrogen) atoms. The third kappa shape index (κ3) is 2.73. The van der Waals surface area contributed by atoms with Gasteiger partial charge in [0, 0.05) is 0 Å². The second-order valence-corrected chi connectivity index (χ2v) is 6.58. The first kappa shape index (κ1) is 13.6. The highest BCUT2D eigenvalue weighted by Crippen LogP contribution is 2.24. The minimum Gasteiger partial charge on any atom is -0.219 e. The van der Waals surface area contributed by atoms with Gasteiger partial charge >= 0.3 is 0 Å². The number of hydrogen-bond acceptors (Lipinski definition) is 2. The molecule has 0 aliphatic heterocycles. The van der Waals surface area contributed by atoms with Gasteiger partial charge in [-0.25, -0.2) is 8.42 Å². The first-order valence-electron chi connectivity index (χ1n) is 6.54. The summed E-state index contributed by atoms with van der Waals surface area (Å²) in [6.07, 6.45) is 0. The molecule has 0 aromatic heterocycles. The van der Waals surface area contributed by atoms with E-state index in [1.165, 1.54) is 0 Å². The van der Waals surface area contributed by atoms with Gasteiger partial charge < -0.3 is 0 Å². The van der Waals surface area contributed by atoms with E-state index in [1.807, 2.05) is 36.4 Å². The minimum atomic E-state index is -3.45. The van der Waals surface area contributed by atoms with Gasteiger partial charge in [-0.15, -0.1) is 0 Å².